The Morgan fingerprint density at radius 1 is 1.39 bits per heavy atom. The number of aromatic nitrogens is 1. The predicted molar refractivity (Wildman–Crippen MR) is 71.8 cm³/mol. The molecule has 5 nitrogen and oxygen atoms in total. The number of nitrogens with one attached hydrogen (secondary N) is 1. The van der Waals surface area contributed by atoms with Gasteiger partial charge in [0.15, 0.2) is 0 Å². The predicted octanol–water partition coefficient (Wildman–Crippen LogP) is 0.901. The van der Waals surface area contributed by atoms with E-state index in [1.807, 2.05) is 18.0 Å². The number of nitrogens with zero attached hydrogens (tertiary/aromatic N) is 3. The molecule has 1 N–H and O–H groups in total. The van der Waals surface area contributed by atoms with E-state index in [0.29, 0.717) is 5.56 Å². The quantitative estimate of drug-likeness (QED) is 0.863. The highest BCUT2D eigenvalue weighted by atomic mass is 16.2. The third-order valence-electron chi connectivity index (χ3n) is 3.43. The molecule has 1 fully saturated rings. The van der Waals surface area contributed by atoms with Crippen molar-refractivity contribution in [1.82, 2.24) is 14.8 Å². The summed E-state index contributed by atoms with van der Waals surface area (Å²) in [5.74, 6) is 0.0724. The molecule has 0 spiro atoms. The van der Waals surface area contributed by atoms with Gasteiger partial charge in [-0.25, -0.2) is 0 Å². The van der Waals surface area contributed by atoms with Gasteiger partial charge in [0.05, 0.1) is 5.56 Å². The lowest BCUT2D eigenvalue weighted by atomic mass is 10.2. The van der Waals surface area contributed by atoms with Crippen LogP contribution in [0.15, 0.2) is 18.5 Å². The molecule has 0 aromatic carbocycles. The molecule has 98 valence electrons. The lowest BCUT2D eigenvalue weighted by molar-refractivity contribution is 0.0644. The number of piperazine rings is 1. The van der Waals surface area contributed by atoms with Gasteiger partial charge in [0, 0.05) is 51.3 Å². The zero-order valence-electron chi connectivity index (χ0n) is 11.0. The molecule has 1 saturated heterocycles. The second kappa shape index (κ2) is 5.82. The maximum atomic E-state index is 12.4. The van der Waals surface area contributed by atoms with Crippen molar-refractivity contribution in [2.75, 3.05) is 45.1 Å². The van der Waals surface area contributed by atoms with Crippen LogP contribution in [0.5, 0.6) is 0 Å². The topological polar surface area (TPSA) is 48.5 Å². The van der Waals surface area contributed by atoms with E-state index < -0.39 is 0 Å². The minimum atomic E-state index is 0.0724. The Hall–Kier alpha value is -1.62. The van der Waals surface area contributed by atoms with Crippen LogP contribution in [-0.2, 0) is 0 Å². The summed E-state index contributed by atoms with van der Waals surface area (Å²) in [6.45, 7) is 6.71. The third kappa shape index (κ3) is 2.61. The lowest BCUT2D eigenvalue weighted by Gasteiger charge is -2.34. The Morgan fingerprint density at radius 3 is 2.72 bits per heavy atom. The van der Waals surface area contributed by atoms with Crippen molar-refractivity contribution < 1.29 is 4.79 Å². The zero-order chi connectivity index (χ0) is 13.0. The van der Waals surface area contributed by atoms with Crippen LogP contribution in [0.3, 0.4) is 0 Å². The Balaban J connectivity index is 2.08. The van der Waals surface area contributed by atoms with Crippen molar-refractivity contribution >= 4 is 11.6 Å². The number of carbonyl (C=O) groups excluding carboxylic acids is 1. The summed E-state index contributed by atoms with van der Waals surface area (Å²) in [6, 6.07) is 1.83. The van der Waals surface area contributed by atoms with Gasteiger partial charge in [-0.1, -0.05) is 6.92 Å². The van der Waals surface area contributed by atoms with Crippen LogP contribution in [-0.4, -0.2) is 60.5 Å². The van der Waals surface area contributed by atoms with Crippen LogP contribution < -0.4 is 5.32 Å². The molecule has 1 amide bonds. The fraction of sp³-hybridized carbons (Fsp3) is 0.538. The maximum absolute atomic E-state index is 12.4. The van der Waals surface area contributed by atoms with Gasteiger partial charge >= 0.3 is 0 Å². The van der Waals surface area contributed by atoms with Gasteiger partial charge in [-0.15, -0.1) is 0 Å². The molecule has 1 aliphatic heterocycles. The fourth-order valence-electron chi connectivity index (χ4n) is 2.22. The molecule has 0 saturated carbocycles. The molecule has 2 rings (SSSR count). The van der Waals surface area contributed by atoms with Gasteiger partial charge in [-0.3, -0.25) is 9.78 Å². The van der Waals surface area contributed by atoms with Crippen molar-refractivity contribution in [2.45, 2.75) is 6.92 Å². The molecule has 0 bridgehead atoms. The molecule has 1 aliphatic rings. The average molecular weight is 248 g/mol. The van der Waals surface area contributed by atoms with Crippen LogP contribution in [0, 0.1) is 0 Å². The second-order valence-electron chi connectivity index (χ2n) is 4.40. The number of likely N-dealkylation sites (N-methyl/N-ethyl adjacent to an activating group) is 1. The molecular weight excluding hydrogens is 228 g/mol. The highest BCUT2D eigenvalue weighted by Crippen LogP contribution is 2.16. The largest absolute Gasteiger partial charge is 0.387 e. The monoisotopic (exact) mass is 248 g/mol. The van der Waals surface area contributed by atoms with E-state index in [9.17, 15) is 4.79 Å². The van der Waals surface area contributed by atoms with Crippen LogP contribution in [0.4, 0.5) is 5.69 Å². The first-order valence-corrected chi connectivity index (χ1v) is 6.39. The Bertz CT molecular complexity index is 413. The standard InChI is InChI=1S/C13H20N4O/c1-3-16-6-8-17(9-7-16)13(18)11-10-15-5-4-12(11)14-2/h4-5,10H,3,6-9H2,1-2H3,(H,14,15). The van der Waals surface area contributed by atoms with Gasteiger partial charge in [0.2, 0.25) is 0 Å². The van der Waals surface area contributed by atoms with Crippen LogP contribution in [0.25, 0.3) is 0 Å². The smallest absolute Gasteiger partial charge is 0.257 e. The van der Waals surface area contributed by atoms with Gasteiger partial charge in [0.1, 0.15) is 0 Å². The van der Waals surface area contributed by atoms with Gasteiger partial charge < -0.3 is 15.1 Å². The van der Waals surface area contributed by atoms with E-state index in [1.165, 1.54) is 0 Å². The van der Waals surface area contributed by atoms with Crippen molar-refractivity contribution in [3.63, 3.8) is 0 Å². The van der Waals surface area contributed by atoms with Crippen molar-refractivity contribution in [3.8, 4) is 0 Å². The van der Waals surface area contributed by atoms with Gasteiger partial charge in [-0.2, -0.15) is 0 Å². The molecule has 1 aromatic rings. The highest BCUT2D eigenvalue weighted by Gasteiger charge is 2.22. The maximum Gasteiger partial charge on any atom is 0.257 e. The molecule has 2 heterocycles. The van der Waals surface area contributed by atoms with Crippen LogP contribution in [0.2, 0.25) is 0 Å². The second-order valence-corrected chi connectivity index (χ2v) is 4.40. The zero-order valence-corrected chi connectivity index (χ0v) is 11.0. The van der Waals surface area contributed by atoms with Crippen LogP contribution in [0.1, 0.15) is 17.3 Å². The van der Waals surface area contributed by atoms with Crippen molar-refractivity contribution in [2.24, 2.45) is 0 Å². The summed E-state index contributed by atoms with van der Waals surface area (Å²) in [4.78, 5) is 20.7. The molecule has 0 aliphatic carbocycles. The van der Waals surface area contributed by atoms with E-state index in [0.717, 1.165) is 38.4 Å². The van der Waals surface area contributed by atoms with Gasteiger partial charge in [0.25, 0.3) is 5.91 Å². The third-order valence-corrected chi connectivity index (χ3v) is 3.43. The first-order chi connectivity index (χ1) is 8.76. The molecule has 0 atom stereocenters. The minimum Gasteiger partial charge on any atom is -0.387 e. The van der Waals surface area contributed by atoms with E-state index in [-0.39, 0.29) is 5.91 Å². The molecular formula is C13H20N4O. The Kier molecular flexibility index (Phi) is 4.15. The number of carbonyl (C=O) groups is 1. The lowest BCUT2D eigenvalue weighted by Crippen LogP contribution is -2.48. The first kappa shape index (κ1) is 12.8. The minimum absolute atomic E-state index is 0.0724. The fourth-order valence-corrected chi connectivity index (χ4v) is 2.22. The summed E-state index contributed by atoms with van der Waals surface area (Å²) in [6.07, 6.45) is 3.33. The van der Waals surface area contributed by atoms with Crippen molar-refractivity contribution in [1.29, 1.82) is 0 Å². The number of hydrogen-bond donors (Lipinski definition) is 1. The van der Waals surface area contributed by atoms with Gasteiger partial charge in [-0.05, 0) is 12.6 Å². The number of rotatable bonds is 3. The Morgan fingerprint density at radius 2 is 2.11 bits per heavy atom. The summed E-state index contributed by atoms with van der Waals surface area (Å²) < 4.78 is 0. The number of anilines is 1. The molecule has 0 radical (unpaired) electrons. The SMILES string of the molecule is CCN1CCN(C(=O)c2cnccc2NC)CC1. The molecule has 1 aromatic heterocycles. The van der Waals surface area contributed by atoms with Crippen LogP contribution >= 0.6 is 0 Å². The number of pyridine rings is 1. The van der Waals surface area contributed by atoms with E-state index in [4.69, 9.17) is 0 Å². The van der Waals surface area contributed by atoms with E-state index in [2.05, 4.69) is 22.1 Å². The molecule has 18 heavy (non-hydrogen) atoms. The number of hydrogen-bond acceptors (Lipinski definition) is 4. The normalized spacial score (nSPS) is 16.7. The Labute approximate surface area is 108 Å². The summed E-state index contributed by atoms with van der Waals surface area (Å²) in [5.41, 5.74) is 1.50. The molecule has 0 unspecified atom stereocenters. The van der Waals surface area contributed by atoms with E-state index >= 15 is 0 Å². The number of amides is 1. The van der Waals surface area contributed by atoms with Crippen molar-refractivity contribution in [3.05, 3.63) is 24.0 Å². The molecule has 5 heteroatoms. The summed E-state index contributed by atoms with van der Waals surface area (Å²) in [5, 5.41) is 3.04. The highest BCUT2D eigenvalue weighted by molar-refractivity contribution is 5.99. The average Bonchev–Trinajstić information content (AvgIpc) is 2.46. The summed E-state index contributed by atoms with van der Waals surface area (Å²) >= 11 is 0. The van der Waals surface area contributed by atoms with E-state index in [1.54, 1.807) is 12.4 Å². The summed E-state index contributed by atoms with van der Waals surface area (Å²) in [7, 11) is 1.82. The first-order valence-electron chi connectivity index (χ1n) is 6.39.